The summed E-state index contributed by atoms with van der Waals surface area (Å²) in [5.41, 5.74) is 0.837. The summed E-state index contributed by atoms with van der Waals surface area (Å²) in [6.07, 6.45) is 1.30. The third-order valence-electron chi connectivity index (χ3n) is 3.66. The molecule has 1 aromatic heterocycles. The quantitative estimate of drug-likeness (QED) is 0.759. The number of benzene rings is 2. The maximum Gasteiger partial charge on any atom is 0.204 e. The molecule has 0 radical (unpaired) electrons. The second-order valence-electron chi connectivity index (χ2n) is 4.92. The van der Waals surface area contributed by atoms with Crippen LogP contribution in [0.5, 0.6) is 17.2 Å². The zero-order chi connectivity index (χ0) is 15.9. The molecular formula is C17H14O5. The summed E-state index contributed by atoms with van der Waals surface area (Å²) in [6.45, 7) is 1.53. The Morgan fingerprint density at radius 3 is 2.59 bits per heavy atom. The van der Waals surface area contributed by atoms with E-state index >= 15 is 0 Å². The molecule has 0 bridgehead atoms. The largest absolute Gasteiger partial charge is 0.507 e. The smallest absolute Gasteiger partial charge is 0.204 e. The van der Waals surface area contributed by atoms with E-state index in [9.17, 15) is 15.0 Å². The molecule has 0 aliphatic rings. The molecule has 0 amide bonds. The number of fused-ring (bicyclic) bond motifs is 1. The number of hydrogen-bond donors (Lipinski definition) is 2. The molecule has 3 rings (SSSR count). The number of aromatic hydroxyl groups is 2. The predicted molar refractivity (Wildman–Crippen MR) is 82.5 cm³/mol. The minimum absolute atomic E-state index is 0.0405. The molecule has 0 aliphatic heterocycles. The molecule has 5 nitrogen and oxygen atoms in total. The number of rotatable bonds is 2. The van der Waals surface area contributed by atoms with Gasteiger partial charge in [-0.25, -0.2) is 0 Å². The molecule has 0 fully saturated rings. The number of hydrogen-bond acceptors (Lipinski definition) is 5. The molecule has 5 heteroatoms. The summed E-state index contributed by atoms with van der Waals surface area (Å²) < 4.78 is 10.7. The highest BCUT2D eigenvalue weighted by Crippen LogP contribution is 2.35. The molecule has 0 aliphatic carbocycles. The Bertz CT molecular complexity index is 924. The van der Waals surface area contributed by atoms with Gasteiger partial charge in [0.05, 0.1) is 12.7 Å². The second kappa shape index (κ2) is 5.11. The number of methoxy groups -OCH3 is 1. The zero-order valence-corrected chi connectivity index (χ0v) is 12.1. The molecule has 0 unspecified atom stereocenters. The number of para-hydroxylation sites is 1. The van der Waals surface area contributed by atoms with Crippen molar-refractivity contribution in [2.24, 2.45) is 0 Å². The monoisotopic (exact) mass is 298 g/mol. The number of phenolic OH excluding ortho intramolecular Hbond substituents is 2. The minimum atomic E-state index is -0.383. The summed E-state index contributed by atoms with van der Waals surface area (Å²) in [4.78, 5) is 12.7. The van der Waals surface area contributed by atoms with Crippen LogP contribution in [0.15, 0.2) is 45.8 Å². The molecule has 3 aromatic rings. The third kappa shape index (κ3) is 1.98. The lowest BCUT2D eigenvalue weighted by atomic mass is 10.0. The van der Waals surface area contributed by atoms with E-state index in [1.54, 1.807) is 24.3 Å². The molecule has 0 atom stereocenters. The fraction of sp³-hybridized carbons (Fsp3) is 0.118. The molecule has 2 N–H and O–H groups in total. The summed E-state index contributed by atoms with van der Waals surface area (Å²) in [5, 5.41) is 19.9. The third-order valence-corrected chi connectivity index (χ3v) is 3.66. The first-order valence-corrected chi connectivity index (χ1v) is 6.65. The van der Waals surface area contributed by atoms with E-state index in [4.69, 9.17) is 9.15 Å². The highest BCUT2D eigenvalue weighted by molar-refractivity contribution is 5.90. The Morgan fingerprint density at radius 2 is 1.86 bits per heavy atom. The average molecular weight is 298 g/mol. The molecule has 0 spiro atoms. The fourth-order valence-electron chi connectivity index (χ4n) is 2.41. The molecule has 22 heavy (non-hydrogen) atoms. The normalized spacial score (nSPS) is 10.8. The van der Waals surface area contributed by atoms with Gasteiger partial charge in [0.2, 0.25) is 5.43 Å². The van der Waals surface area contributed by atoms with Crippen molar-refractivity contribution in [2.45, 2.75) is 6.92 Å². The van der Waals surface area contributed by atoms with Crippen LogP contribution < -0.4 is 10.2 Å². The lowest BCUT2D eigenvalue weighted by molar-refractivity contribution is 0.416. The highest BCUT2D eigenvalue weighted by atomic mass is 16.5. The molecule has 112 valence electrons. The van der Waals surface area contributed by atoms with Crippen molar-refractivity contribution < 1.29 is 19.4 Å². The Labute approximate surface area is 126 Å². The van der Waals surface area contributed by atoms with Crippen molar-refractivity contribution in [3.63, 3.8) is 0 Å². The van der Waals surface area contributed by atoms with Crippen LogP contribution in [-0.2, 0) is 0 Å². The van der Waals surface area contributed by atoms with Gasteiger partial charge in [0, 0.05) is 17.2 Å². The van der Waals surface area contributed by atoms with E-state index in [0.717, 1.165) is 0 Å². The molecule has 0 saturated heterocycles. The fourth-order valence-corrected chi connectivity index (χ4v) is 2.41. The lowest BCUT2D eigenvalue weighted by Crippen LogP contribution is -2.06. The van der Waals surface area contributed by atoms with Crippen LogP contribution in [-0.4, -0.2) is 17.3 Å². The van der Waals surface area contributed by atoms with Gasteiger partial charge in [-0.1, -0.05) is 18.2 Å². The van der Waals surface area contributed by atoms with Gasteiger partial charge in [-0.05, 0) is 13.0 Å². The highest BCUT2D eigenvalue weighted by Gasteiger charge is 2.18. The lowest BCUT2D eigenvalue weighted by Gasteiger charge is -2.10. The maximum atomic E-state index is 12.7. The molecular weight excluding hydrogens is 284 g/mol. The Kier molecular flexibility index (Phi) is 3.25. The predicted octanol–water partition coefficient (Wildman–Crippen LogP) is 3.19. The first-order valence-electron chi connectivity index (χ1n) is 6.65. The average Bonchev–Trinajstić information content (AvgIpc) is 2.53. The van der Waals surface area contributed by atoms with Crippen LogP contribution in [0, 0.1) is 6.92 Å². The van der Waals surface area contributed by atoms with Gasteiger partial charge in [0.1, 0.15) is 34.5 Å². The van der Waals surface area contributed by atoms with Crippen molar-refractivity contribution in [1.29, 1.82) is 0 Å². The molecule has 2 aromatic carbocycles. The number of ether oxygens (including phenoxy) is 1. The topological polar surface area (TPSA) is 79.9 Å². The van der Waals surface area contributed by atoms with Gasteiger partial charge in [0.25, 0.3) is 0 Å². The van der Waals surface area contributed by atoms with Crippen molar-refractivity contribution in [3.05, 3.63) is 52.4 Å². The van der Waals surface area contributed by atoms with Crippen LogP contribution in [0.3, 0.4) is 0 Å². The van der Waals surface area contributed by atoms with Gasteiger partial charge in [-0.15, -0.1) is 0 Å². The van der Waals surface area contributed by atoms with Gasteiger partial charge in [0.15, 0.2) is 0 Å². The maximum absolute atomic E-state index is 12.7. The van der Waals surface area contributed by atoms with Gasteiger partial charge in [-0.3, -0.25) is 4.79 Å². The van der Waals surface area contributed by atoms with Crippen molar-refractivity contribution >= 4 is 11.0 Å². The SMILES string of the molecule is COc1ccccc1-c1coc2cc(O)c(C)c(O)c2c1=O. The van der Waals surface area contributed by atoms with Gasteiger partial charge < -0.3 is 19.4 Å². The minimum Gasteiger partial charge on any atom is -0.507 e. The summed E-state index contributed by atoms with van der Waals surface area (Å²) in [5.74, 6) is 0.128. The van der Waals surface area contributed by atoms with E-state index in [-0.39, 0.29) is 39.0 Å². The standard InChI is InChI=1S/C17H14O5/c1-9-12(18)7-14-15(16(9)19)17(20)11(8-22-14)10-5-3-4-6-13(10)21-2/h3-8,18-19H,1-2H3. The van der Waals surface area contributed by atoms with E-state index in [1.165, 1.54) is 26.4 Å². The first kappa shape index (κ1) is 14.0. The number of phenols is 2. The van der Waals surface area contributed by atoms with Crippen LogP contribution in [0.1, 0.15) is 5.56 Å². The van der Waals surface area contributed by atoms with E-state index in [1.807, 2.05) is 0 Å². The van der Waals surface area contributed by atoms with Gasteiger partial charge in [-0.2, -0.15) is 0 Å². The second-order valence-corrected chi connectivity index (χ2v) is 4.92. The van der Waals surface area contributed by atoms with Crippen LogP contribution in [0.4, 0.5) is 0 Å². The van der Waals surface area contributed by atoms with Crippen molar-refractivity contribution in [1.82, 2.24) is 0 Å². The van der Waals surface area contributed by atoms with E-state index in [2.05, 4.69) is 0 Å². The van der Waals surface area contributed by atoms with Crippen LogP contribution in [0.25, 0.3) is 22.1 Å². The summed E-state index contributed by atoms with van der Waals surface area (Å²) >= 11 is 0. The van der Waals surface area contributed by atoms with Crippen molar-refractivity contribution in [2.75, 3.05) is 7.11 Å². The van der Waals surface area contributed by atoms with Gasteiger partial charge >= 0.3 is 0 Å². The molecule has 0 saturated carbocycles. The summed E-state index contributed by atoms with van der Waals surface area (Å²) in [6, 6.07) is 8.37. The van der Waals surface area contributed by atoms with E-state index in [0.29, 0.717) is 11.3 Å². The Morgan fingerprint density at radius 1 is 1.14 bits per heavy atom. The van der Waals surface area contributed by atoms with Crippen LogP contribution in [0.2, 0.25) is 0 Å². The van der Waals surface area contributed by atoms with E-state index < -0.39 is 0 Å². The zero-order valence-electron chi connectivity index (χ0n) is 12.1. The molecule has 1 heterocycles. The Hall–Kier alpha value is -2.95. The van der Waals surface area contributed by atoms with Crippen LogP contribution >= 0.6 is 0 Å². The Balaban J connectivity index is 2.39. The first-order chi connectivity index (χ1) is 10.5. The van der Waals surface area contributed by atoms with Crippen molar-refractivity contribution in [3.8, 4) is 28.4 Å². The summed E-state index contributed by atoms with van der Waals surface area (Å²) in [7, 11) is 1.52.